The fraction of sp³-hybridized carbons (Fsp3) is 0.231. The lowest BCUT2D eigenvalue weighted by Crippen LogP contribution is -2.24. The average molecular weight is 372 g/mol. The van der Waals surface area contributed by atoms with E-state index in [2.05, 4.69) is 30.6 Å². The maximum atomic E-state index is 12.2. The highest BCUT2D eigenvalue weighted by Gasteiger charge is 2.17. The minimum atomic E-state index is -3.67. The van der Waals surface area contributed by atoms with Gasteiger partial charge in [-0.25, -0.2) is 13.1 Å². The molecule has 21 heavy (non-hydrogen) atoms. The lowest BCUT2D eigenvalue weighted by Gasteiger charge is -2.09. The molecule has 0 bridgehead atoms. The highest BCUT2D eigenvalue weighted by atomic mass is 79.9. The maximum Gasteiger partial charge on any atom is 0.242 e. The van der Waals surface area contributed by atoms with Crippen molar-refractivity contribution >= 4 is 26.0 Å². The number of halogens is 1. The van der Waals surface area contributed by atoms with E-state index in [-0.39, 0.29) is 18.0 Å². The van der Waals surface area contributed by atoms with Crippen LogP contribution in [0.3, 0.4) is 0 Å². The van der Waals surface area contributed by atoms with Crippen molar-refractivity contribution in [2.45, 2.75) is 25.0 Å². The molecule has 0 aliphatic carbocycles. The third-order valence-electron chi connectivity index (χ3n) is 2.75. The standard InChI is InChI=1S/C13H14BrN3O3S/c1-9-5-16-11(6-15-9)7-17-21(19,20)13-3-2-10(8-18)4-12(13)14/h2-6,17-18H,7-8H2,1H3. The fourth-order valence-electron chi connectivity index (χ4n) is 1.62. The molecule has 0 saturated carbocycles. The van der Waals surface area contributed by atoms with Crippen molar-refractivity contribution in [3.8, 4) is 0 Å². The smallest absolute Gasteiger partial charge is 0.242 e. The molecular formula is C13H14BrN3O3S. The Morgan fingerprint density at radius 2 is 2.05 bits per heavy atom. The molecule has 0 fully saturated rings. The third kappa shape index (κ3) is 4.07. The number of aryl methyl sites for hydroxylation is 1. The fourth-order valence-corrected chi connectivity index (χ4v) is 3.74. The van der Waals surface area contributed by atoms with Gasteiger partial charge in [0.1, 0.15) is 0 Å². The second kappa shape index (κ2) is 6.61. The summed E-state index contributed by atoms with van der Waals surface area (Å²) in [5, 5.41) is 9.03. The molecule has 2 rings (SSSR count). The van der Waals surface area contributed by atoms with Crippen molar-refractivity contribution in [1.82, 2.24) is 14.7 Å². The van der Waals surface area contributed by atoms with E-state index in [4.69, 9.17) is 5.11 Å². The monoisotopic (exact) mass is 371 g/mol. The summed E-state index contributed by atoms with van der Waals surface area (Å²) in [7, 11) is -3.67. The van der Waals surface area contributed by atoms with E-state index < -0.39 is 10.0 Å². The number of benzene rings is 1. The third-order valence-corrected chi connectivity index (χ3v) is 5.12. The molecule has 0 radical (unpaired) electrons. The summed E-state index contributed by atoms with van der Waals surface area (Å²) in [6.07, 6.45) is 3.11. The zero-order valence-electron chi connectivity index (χ0n) is 11.2. The van der Waals surface area contributed by atoms with Crippen LogP contribution in [0, 0.1) is 6.92 Å². The van der Waals surface area contributed by atoms with Crippen molar-refractivity contribution in [3.63, 3.8) is 0 Å². The van der Waals surface area contributed by atoms with Crippen LogP contribution >= 0.6 is 15.9 Å². The van der Waals surface area contributed by atoms with Crippen LogP contribution in [-0.2, 0) is 23.2 Å². The Hall–Kier alpha value is -1.35. The molecule has 2 N–H and O–H groups in total. The van der Waals surface area contributed by atoms with Gasteiger partial charge < -0.3 is 5.11 Å². The molecule has 1 heterocycles. The van der Waals surface area contributed by atoms with Crippen LogP contribution in [0.2, 0.25) is 0 Å². The minimum Gasteiger partial charge on any atom is -0.392 e. The van der Waals surface area contributed by atoms with Crippen molar-refractivity contribution in [2.24, 2.45) is 0 Å². The van der Waals surface area contributed by atoms with E-state index in [1.807, 2.05) is 0 Å². The highest BCUT2D eigenvalue weighted by molar-refractivity contribution is 9.10. The topological polar surface area (TPSA) is 92.2 Å². The largest absolute Gasteiger partial charge is 0.392 e. The number of aromatic nitrogens is 2. The summed E-state index contributed by atoms with van der Waals surface area (Å²) < 4.78 is 27.3. The van der Waals surface area contributed by atoms with Crippen LogP contribution in [0.25, 0.3) is 0 Å². The molecule has 0 unspecified atom stereocenters. The van der Waals surface area contributed by atoms with Gasteiger partial charge in [0.05, 0.1) is 35.6 Å². The van der Waals surface area contributed by atoms with Crippen LogP contribution < -0.4 is 4.72 Å². The van der Waals surface area contributed by atoms with Crippen molar-refractivity contribution < 1.29 is 13.5 Å². The summed E-state index contributed by atoms with van der Waals surface area (Å²) in [6.45, 7) is 1.72. The van der Waals surface area contributed by atoms with Crippen LogP contribution in [0.5, 0.6) is 0 Å². The molecule has 1 aromatic carbocycles. The molecule has 0 spiro atoms. The zero-order chi connectivity index (χ0) is 15.5. The van der Waals surface area contributed by atoms with Crippen LogP contribution in [0.15, 0.2) is 40.0 Å². The van der Waals surface area contributed by atoms with E-state index >= 15 is 0 Å². The van der Waals surface area contributed by atoms with Gasteiger partial charge in [0.15, 0.2) is 0 Å². The lowest BCUT2D eigenvalue weighted by atomic mass is 10.2. The molecule has 112 valence electrons. The second-order valence-corrected chi connectivity index (χ2v) is 6.99. The van der Waals surface area contributed by atoms with Crippen LogP contribution in [0.4, 0.5) is 0 Å². The van der Waals surface area contributed by atoms with E-state index in [9.17, 15) is 8.42 Å². The molecule has 1 aromatic heterocycles. The molecule has 2 aromatic rings. The number of hydrogen-bond acceptors (Lipinski definition) is 5. The molecular weight excluding hydrogens is 358 g/mol. The van der Waals surface area contributed by atoms with Gasteiger partial charge in [-0.2, -0.15) is 0 Å². The van der Waals surface area contributed by atoms with E-state index in [0.717, 1.165) is 5.69 Å². The van der Waals surface area contributed by atoms with Crippen molar-refractivity contribution in [3.05, 3.63) is 52.0 Å². The first-order valence-electron chi connectivity index (χ1n) is 6.09. The minimum absolute atomic E-state index is 0.0593. The molecule has 0 amide bonds. The number of nitrogens with one attached hydrogen (secondary N) is 1. The molecule has 8 heteroatoms. The number of hydrogen-bond donors (Lipinski definition) is 2. The average Bonchev–Trinajstić information content (AvgIpc) is 2.46. The molecule has 0 saturated heterocycles. The van der Waals surface area contributed by atoms with Gasteiger partial charge >= 0.3 is 0 Å². The lowest BCUT2D eigenvalue weighted by molar-refractivity contribution is 0.281. The van der Waals surface area contributed by atoms with Gasteiger partial charge in [-0.05, 0) is 40.5 Å². The van der Waals surface area contributed by atoms with Crippen molar-refractivity contribution in [2.75, 3.05) is 0 Å². The van der Waals surface area contributed by atoms with Gasteiger partial charge in [-0.15, -0.1) is 0 Å². The maximum absolute atomic E-state index is 12.2. The summed E-state index contributed by atoms with van der Waals surface area (Å²) in [4.78, 5) is 8.26. The van der Waals surface area contributed by atoms with Gasteiger partial charge in [-0.3, -0.25) is 9.97 Å². The van der Waals surface area contributed by atoms with Gasteiger partial charge in [0, 0.05) is 10.7 Å². The Balaban J connectivity index is 2.16. The number of sulfonamides is 1. The van der Waals surface area contributed by atoms with Crippen LogP contribution in [-0.4, -0.2) is 23.5 Å². The van der Waals surface area contributed by atoms with E-state index in [1.165, 1.54) is 12.3 Å². The first-order chi connectivity index (χ1) is 9.92. The molecule has 6 nitrogen and oxygen atoms in total. The van der Waals surface area contributed by atoms with Crippen molar-refractivity contribution in [1.29, 1.82) is 0 Å². The number of aliphatic hydroxyl groups excluding tert-OH is 1. The quantitative estimate of drug-likeness (QED) is 0.830. The van der Waals surface area contributed by atoms with Gasteiger partial charge in [0.25, 0.3) is 0 Å². The predicted molar refractivity (Wildman–Crippen MR) is 80.9 cm³/mol. The van der Waals surface area contributed by atoms with Gasteiger partial charge in [-0.1, -0.05) is 6.07 Å². The predicted octanol–water partition coefficient (Wildman–Crippen LogP) is 1.52. The number of aliphatic hydroxyl groups is 1. The normalized spacial score (nSPS) is 11.6. The molecule has 0 aliphatic rings. The summed E-state index contributed by atoms with van der Waals surface area (Å²) in [6, 6.07) is 4.57. The Morgan fingerprint density at radius 3 is 2.62 bits per heavy atom. The number of rotatable bonds is 5. The first-order valence-corrected chi connectivity index (χ1v) is 8.36. The summed E-state index contributed by atoms with van der Waals surface area (Å²) in [5.74, 6) is 0. The molecule has 0 atom stereocenters. The Kier molecular flexibility index (Phi) is 5.04. The Morgan fingerprint density at radius 1 is 1.29 bits per heavy atom. The SMILES string of the molecule is Cc1cnc(CNS(=O)(=O)c2ccc(CO)cc2Br)cn1. The van der Waals surface area contributed by atoms with Crippen LogP contribution in [0.1, 0.15) is 17.0 Å². The van der Waals surface area contributed by atoms with Gasteiger partial charge in [0.2, 0.25) is 10.0 Å². The van der Waals surface area contributed by atoms with E-state index in [0.29, 0.717) is 15.7 Å². The highest BCUT2D eigenvalue weighted by Crippen LogP contribution is 2.23. The molecule has 0 aliphatic heterocycles. The number of nitrogens with zero attached hydrogens (tertiary/aromatic N) is 2. The first kappa shape index (κ1) is 16.0. The Bertz CT molecular complexity index is 733. The zero-order valence-corrected chi connectivity index (χ0v) is 13.6. The Labute approximate surface area is 131 Å². The van der Waals surface area contributed by atoms with E-state index in [1.54, 1.807) is 25.3 Å². The second-order valence-electron chi connectivity index (χ2n) is 4.40. The summed E-state index contributed by atoms with van der Waals surface area (Å²) >= 11 is 3.20. The summed E-state index contributed by atoms with van der Waals surface area (Å²) in [5.41, 5.74) is 1.93.